The highest BCUT2D eigenvalue weighted by Crippen LogP contribution is 2.45. The Morgan fingerprint density at radius 3 is 1.58 bits per heavy atom. The summed E-state index contributed by atoms with van der Waals surface area (Å²) < 4.78 is 0. The Morgan fingerprint density at radius 2 is 1.12 bits per heavy atom. The van der Waals surface area contributed by atoms with E-state index in [2.05, 4.69) is 98.7 Å². The second-order valence-corrected chi connectivity index (χ2v) is 10.2. The Bertz CT molecular complexity index is 850. The van der Waals surface area contributed by atoms with E-state index in [-0.39, 0.29) is 0 Å². The Balaban J connectivity index is 2.18. The van der Waals surface area contributed by atoms with E-state index in [0.29, 0.717) is 0 Å². The van der Waals surface area contributed by atoms with Crippen molar-refractivity contribution < 1.29 is 0 Å². The van der Waals surface area contributed by atoms with Gasteiger partial charge in [-0.05, 0) is 44.0 Å². The van der Waals surface area contributed by atoms with Crippen LogP contribution in [-0.2, 0) is 11.8 Å². The van der Waals surface area contributed by atoms with Crippen LogP contribution < -0.4 is 15.7 Å². The number of rotatable bonds is 4. The molecule has 3 heteroatoms. The second-order valence-electron chi connectivity index (χ2n) is 6.16. The van der Waals surface area contributed by atoms with Crippen molar-refractivity contribution in [3.05, 3.63) is 89.5 Å². The maximum atomic E-state index is 6.32. The molecule has 0 aliphatic carbocycles. The SMILES string of the molecule is Cc1ccc(NP(=S)(c2ccccc2C)c2ccccc2C)cc1. The van der Waals surface area contributed by atoms with Crippen LogP contribution in [0.2, 0.25) is 0 Å². The van der Waals surface area contributed by atoms with Gasteiger partial charge in [-0.1, -0.05) is 78.0 Å². The summed E-state index contributed by atoms with van der Waals surface area (Å²) in [7, 11) is 0. The predicted molar refractivity (Wildman–Crippen MR) is 111 cm³/mol. The Kier molecular flexibility index (Phi) is 4.89. The van der Waals surface area contributed by atoms with E-state index < -0.39 is 6.19 Å². The van der Waals surface area contributed by atoms with Crippen LogP contribution in [-0.4, -0.2) is 0 Å². The number of aryl methyl sites for hydroxylation is 3. The number of benzene rings is 3. The lowest BCUT2D eigenvalue weighted by Gasteiger charge is -2.28. The molecule has 0 saturated carbocycles. The normalized spacial score (nSPS) is 11.3. The van der Waals surface area contributed by atoms with Crippen LogP contribution in [0.15, 0.2) is 72.8 Å². The maximum absolute atomic E-state index is 6.32. The molecule has 24 heavy (non-hydrogen) atoms. The highest BCUT2D eigenvalue weighted by Gasteiger charge is 2.25. The van der Waals surface area contributed by atoms with Crippen LogP contribution >= 0.6 is 6.19 Å². The van der Waals surface area contributed by atoms with Crippen LogP contribution in [0.4, 0.5) is 5.69 Å². The van der Waals surface area contributed by atoms with Crippen molar-refractivity contribution in [3.63, 3.8) is 0 Å². The van der Waals surface area contributed by atoms with E-state index in [0.717, 1.165) is 5.69 Å². The molecule has 3 aromatic carbocycles. The van der Waals surface area contributed by atoms with Crippen molar-refractivity contribution in [3.8, 4) is 0 Å². The van der Waals surface area contributed by atoms with E-state index >= 15 is 0 Å². The zero-order valence-electron chi connectivity index (χ0n) is 14.3. The quantitative estimate of drug-likeness (QED) is 0.659. The van der Waals surface area contributed by atoms with Crippen molar-refractivity contribution in [2.24, 2.45) is 0 Å². The fourth-order valence-electron chi connectivity index (χ4n) is 2.89. The molecule has 0 fully saturated rings. The minimum absolute atomic E-state index is 1.08. The van der Waals surface area contributed by atoms with Gasteiger partial charge in [-0.2, -0.15) is 0 Å². The molecular formula is C21H22NPS. The molecule has 1 nitrogen and oxygen atoms in total. The third-order valence-corrected chi connectivity index (χ3v) is 8.64. The lowest BCUT2D eigenvalue weighted by Crippen LogP contribution is -2.25. The summed E-state index contributed by atoms with van der Waals surface area (Å²) in [5.41, 5.74) is 4.81. The Morgan fingerprint density at radius 1 is 0.667 bits per heavy atom. The van der Waals surface area contributed by atoms with Gasteiger partial charge in [0, 0.05) is 16.3 Å². The molecule has 3 aromatic rings. The molecule has 0 heterocycles. The molecule has 0 atom stereocenters. The highest BCUT2D eigenvalue weighted by atomic mass is 32.4. The van der Waals surface area contributed by atoms with Gasteiger partial charge >= 0.3 is 0 Å². The summed E-state index contributed by atoms with van der Waals surface area (Å²) in [6.45, 7) is 6.39. The van der Waals surface area contributed by atoms with Gasteiger partial charge in [0.1, 0.15) is 0 Å². The van der Waals surface area contributed by atoms with Gasteiger partial charge < -0.3 is 5.09 Å². The van der Waals surface area contributed by atoms with E-state index in [9.17, 15) is 0 Å². The number of hydrogen-bond donors (Lipinski definition) is 1. The van der Waals surface area contributed by atoms with Crippen LogP contribution in [0.3, 0.4) is 0 Å². The minimum Gasteiger partial charge on any atom is -0.351 e. The molecule has 0 amide bonds. The first-order chi connectivity index (χ1) is 11.5. The second kappa shape index (κ2) is 6.93. The molecule has 0 spiro atoms. The molecular weight excluding hydrogens is 329 g/mol. The molecule has 0 bridgehead atoms. The van der Waals surface area contributed by atoms with Gasteiger partial charge in [0.05, 0.1) is 6.19 Å². The van der Waals surface area contributed by atoms with Crippen molar-refractivity contribution in [2.45, 2.75) is 20.8 Å². The predicted octanol–water partition coefficient (Wildman–Crippen LogP) is 5.07. The minimum atomic E-state index is -2.15. The largest absolute Gasteiger partial charge is 0.351 e. The maximum Gasteiger partial charge on any atom is 0.0909 e. The van der Waals surface area contributed by atoms with E-state index in [1.165, 1.54) is 27.3 Å². The zero-order chi connectivity index (χ0) is 17.2. The number of nitrogens with one attached hydrogen (secondary N) is 1. The smallest absolute Gasteiger partial charge is 0.0909 e. The summed E-state index contributed by atoms with van der Waals surface area (Å²) in [4.78, 5) is 0. The molecule has 1 N–H and O–H groups in total. The standard InChI is InChI=1S/C21H22NPS/c1-16-12-14-19(15-13-16)22-23(24,20-10-6-4-8-17(20)2)21-11-7-5-9-18(21)3/h4-15H,1-3H3,(H,22,24). The Labute approximate surface area is 149 Å². The molecule has 0 aromatic heterocycles. The third-order valence-electron chi connectivity index (χ3n) is 4.25. The molecule has 0 unspecified atom stereocenters. The van der Waals surface area contributed by atoms with Crippen molar-refractivity contribution in [1.29, 1.82) is 0 Å². The third kappa shape index (κ3) is 3.31. The topological polar surface area (TPSA) is 12.0 Å². The van der Waals surface area contributed by atoms with Crippen molar-refractivity contribution in [2.75, 3.05) is 5.09 Å². The molecule has 0 aliphatic heterocycles. The average molecular weight is 351 g/mol. The highest BCUT2D eigenvalue weighted by molar-refractivity contribution is 8.22. The van der Waals surface area contributed by atoms with E-state index in [4.69, 9.17) is 11.8 Å². The average Bonchev–Trinajstić information content (AvgIpc) is 2.57. The fourth-order valence-corrected chi connectivity index (χ4v) is 7.19. The first-order valence-electron chi connectivity index (χ1n) is 8.08. The first-order valence-corrected chi connectivity index (χ1v) is 10.9. The van der Waals surface area contributed by atoms with Crippen molar-refractivity contribution in [1.82, 2.24) is 0 Å². The van der Waals surface area contributed by atoms with Crippen LogP contribution in [0.25, 0.3) is 0 Å². The number of anilines is 1. The molecule has 122 valence electrons. The van der Waals surface area contributed by atoms with Gasteiger partial charge in [-0.3, -0.25) is 0 Å². The molecule has 0 aliphatic rings. The summed E-state index contributed by atoms with van der Waals surface area (Å²) in [6, 6.07) is 25.4. The van der Waals surface area contributed by atoms with E-state index in [1.54, 1.807) is 0 Å². The van der Waals surface area contributed by atoms with Gasteiger partial charge in [0.15, 0.2) is 0 Å². The summed E-state index contributed by atoms with van der Waals surface area (Å²) >= 11 is 6.32. The van der Waals surface area contributed by atoms with Gasteiger partial charge in [0.2, 0.25) is 0 Å². The number of hydrogen-bond acceptors (Lipinski definition) is 1. The van der Waals surface area contributed by atoms with Crippen molar-refractivity contribution >= 4 is 34.3 Å². The lowest BCUT2D eigenvalue weighted by molar-refractivity contribution is 1.47. The van der Waals surface area contributed by atoms with Crippen LogP contribution in [0.1, 0.15) is 16.7 Å². The zero-order valence-corrected chi connectivity index (χ0v) is 16.0. The molecule has 0 radical (unpaired) electrons. The first kappa shape index (κ1) is 17.0. The molecule has 0 saturated heterocycles. The van der Waals surface area contributed by atoms with E-state index in [1.807, 2.05) is 0 Å². The monoisotopic (exact) mass is 351 g/mol. The van der Waals surface area contributed by atoms with Gasteiger partial charge in [0.25, 0.3) is 0 Å². The van der Waals surface area contributed by atoms with Gasteiger partial charge in [-0.15, -0.1) is 0 Å². The van der Waals surface area contributed by atoms with Crippen LogP contribution in [0, 0.1) is 20.8 Å². The van der Waals surface area contributed by atoms with Gasteiger partial charge in [-0.25, -0.2) is 0 Å². The Hall–Kier alpha value is -1.89. The van der Waals surface area contributed by atoms with Crippen LogP contribution in [0.5, 0.6) is 0 Å². The summed E-state index contributed by atoms with van der Waals surface area (Å²) in [6.07, 6.45) is -2.15. The summed E-state index contributed by atoms with van der Waals surface area (Å²) in [5, 5.41) is 6.19. The summed E-state index contributed by atoms with van der Waals surface area (Å²) in [5.74, 6) is 0. The lowest BCUT2D eigenvalue weighted by atomic mass is 10.2. The molecule has 3 rings (SSSR count). The fraction of sp³-hybridized carbons (Fsp3) is 0.143.